The van der Waals surface area contributed by atoms with Crippen LogP contribution in [0.4, 0.5) is 0 Å². The van der Waals surface area contributed by atoms with Gasteiger partial charge >= 0.3 is 0 Å². The molecule has 0 radical (unpaired) electrons. The van der Waals surface area contributed by atoms with Crippen LogP contribution in [0.2, 0.25) is 5.02 Å². The number of H-pyrrole nitrogens is 1. The number of ether oxygens (including phenoxy) is 1. The average Bonchev–Trinajstić information content (AvgIpc) is 3.60. The second-order valence-electron chi connectivity index (χ2n) is 11.1. The number of fused-ring (bicyclic) bond motifs is 1. The zero-order valence-electron chi connectivity index (χ0n) is 22.1. The normalized spacial score (nSPS) is 18.9. The van der Waals surface area contributed by atoms with Crippen LogP contribution in [0.1, 0.15) is 56.2 Å². The van der Waals surface area contributed by atoms with E-state index in [2.05, 4.69) is 21.1 Å². The quantitative estimate of drug-likeness (QED) is 0.288. The minimum absolute atomic E-state index is 0.0401. The number of rotatable bonds is 9. The Morgan fingerprint density at radius 1 is 1.05 bits per heavy atom. The Labute approximate surface area is 232 Å². The molecule has 6 rings (SSSR count). The summed E-state index contributed by atoms with van der Waals surface area (Å²) in [6, 6.07) is 19.1. The van der Waals surface area contributed by atoms with Gasteiger partial charge in [-0.2, -0.15) is 9.50 Å². The number of aliphatic hydroxyl groups excluding tert-OH is 1. The molecule has 4 aromatic rings. The molecule has 8 nitrogen and oxygen atoms in total. The summed E-state index contributed by atoms with van der Waals surface area (Å²) in [7, 11) is 1.97. The highest BCUT2D eigenvalue weighted by molar-refractivity contribution is 6.31. The lowest BCUT2D eigenvalue weighted by Crippen LogP contribution is -2.55. The summed E-state index contributed by atoms with van der Waals surface area (Å²) < 4.78 is 7.87. The summed E-state index contributed by atoms with van der Waals surface area (Å²) in [5.74, 6) is 0.873. The van der Waals surface area contributed by atoms with E-state index in [0.29, 0.717) is 23.8 Å². The fourth-order valence-corrected chi connectivity index (χ4v) is 6.43. The second kappa shape index (κ2) is 10.5. The summed E-state index contributed by atoms with van der Waals surface area (Å²) >= 11 is 6.55. The van der Waals surface area contributed by atoms with Crippen LogP contribution in [0.3, 0.4) is 0 Å². The molecule has 0 bridgehead atoms. The van der Waals surface area contributed by atoms with Crippen molar-refractivity contribution in [3.05, 3.63) is 87.3 Å². The van der Waals surface area contributed by atoms with Gasteiger partial charge in [-0.1, -0.05) is 79.4 Å². The SMILES string of the molecule is CN(CC1(c2ccccc2Cl)CC1)C(O)C1(OCc2cc(=O)n3[nH]c(-c4ccccc4)nc3n2)CCCCC1. The van der Waals surface area contributed by atoms with Crippen molar-refractivity contribution in [2.24, 2.45) is 0 Å². The fourth-order valence-electron chi connectivity index (χ4n) is 6.09. The number of halogens is 1. The molecule has 2 aliphatic carbocycles. The predicted molar refractivity (Wildman–Crippen MR) is 151 cm³/mol. The smallest absolute Gasteiger partial charge is 0.274 e. The third kappa shape index (κ3) is 5.14. The standard InChI is InChI=1S/C30H34ClN5O3/c1-35(20-29(16-17-29)23-12-6-7-13-24(23)31)27(38)30(14-8-3-9-15-30)39-19-22-18-25(37)36-28(32-22)33-26(34-36)21-10-4-2-5-11-21/h2,4-7,10-13,18,27,38H,3,8-9,14-17,19-20H2,1H3,(H,32,33,34). The van der Waals surface area contributed by atoms with Gasteiger partial charge in [0.2, 0.25) is 0 Å². The predicted octanol–water partition coefficient (Wildman–Crippen LogP) is 4.94. The molecule has 2 aromatic carbocycles. The van der Waals surface area contributed by atoms with Gasteiger partial charge in [-0.3, -0.25) is 14.8 Å². The van der Waals surface area contributed by atoms with Crippen LogP contribution in [-0.4, -0.2) is 55.0 Å². The van der Waals surface area contributed by atoms with Crippen LogP contribution < -0.4 is 5.56 Å². The molecule has 2 heterocycles. The summed E-state index contributed by atoms with van der Waals surface area (Å²) in [5, 5.41) is 15.5. The minimum atomic E-state index is -0.794. The van der Waals surface area contributed by atoms with Crippen molar-refractivity contribution >= 4 is 17.4 Å². The molecule has 0 aliphatic heterocycles. The van der Waals surface area contributed by atoms with E-state index < -0.39 is 11.8 Å². The van der Waals surface area contributed by atoms with Gasteiger partial charge in [0.25, 0.3) is 11.3 Å². The second-order valence-corrected chi connectivity index (χ2v) is 11.5. The van der Waals surface area contributed by atoms with E-state index in [-0.39, 0.29) is 17.6 Å². The molecule has 204 valence electrons. The van der Waals surface area contributed by atoms with E-state index >= 15 is 0 Å². The van der Waals surface area contributed by atoms with E-state index in [4.69, 9.17) is 16.3 Å². The van der Waals surface area contributed by atoms with Gasteiger partial charge < -0.3 is 9.84 Å². The molecule has 0 spiro atoms. The van der Waals surface area contributed by atoms with E-state index in [0.717, 1.165) is 61.1 Å². The van der Waals surface area contributed by atoms with Crippen molar-refractivity contribution in [2.75, 3.05) is 13.6 Å². The molecule has 0 amide bonds. The van der Waals surface area contributed by atoms with Crippen molar-refractivity contribution in [2.45, 2.75) is 68.8 Å². The molecule has 2 aromatic heterocycles. The van der Waals surface area contributed by atoms with Gasteiger partial charge in [0.15, 0.2) is 5.82 Å². The first-order valence-electron chi connectivity index (χ1n) is 13.7. The Morgan fingerprint density at radius 2 is 1.77 bits per heavy atom. The average molecular weight is 548 g/mol. The first-order chi connectivity index (χ1) is 18.9. The maximum atomic E-state index is 12.9. The topological polar surface area (TPSA) is 95.8 Å². The van der Waals surface area contributed by atoms with E-state index in [9.17, 15) is 9.90 Å². The molecule has 2 fully saturated rings. The molecule has 1 atom stereocenters. The molecule has 9 heteroatoms. The number of hydrogen-bond acceptors (Lipinski definition) is 6. The number of likely N-dealkylation sites (N-methyl/N-ethyl adjacent to an activating group) is 1. The number of aliphatic hydroxyl groups is 1. The number of benzene rings is 2. The number of nitrogens with one attached hydrogen (secondary N) is 1. The Hall–Kier alpha value is -3.04. The highest BCUT2D eigenvalue weighted by atomic mass is 35.5. The van der Waals surface area contributed by atoms with Crippen molar-refractivity contribution < 1.29 is 9.84 Å². The van der Waals surface area contributed by atoms with Crippen LogP contribution in [0, 0.1) is 0 Å². The molecule has 1 unspecified atom stereocenters. The van der Waals surface area contributed by atoms with Crippen LogP contribution >= 0.6 is 11.6 Å². The first-order valence-corrected chi connectivity index (χ1v) is 14.1. The molecule has 0 saturated heterocycles. The van der Waals surface area contributed by atoms with Crippen LogP contribution in [-0.2, 0) is 16.8 Å². The Balaban J connectivity index is 1.21. The van der Waals surface area contributed by atoms with Gasteiger partial charge in [-0.25, -0.2) is 4.98 Å². The van der Waals surface area contributed by atoms with Gasteiger partial charge in [-0.15, -0.1) is 0 Å². The molecular formula is C30H34ClN5O3. The van der Waals surface area contributed by atoms with Crippen LogP contribution in [0.15, 0.2) is 65.5 Å². The van der Waals surface area contributed by atoms with E-state index in [1.54, 1.807) is 0 Å². The molecule has 2 N–H and O–H groups in total. The van der Waals surface area contributed by atoms with Gasteiger partial charge in [0, 0.05) is 28.6 Å². The number of aromatic nitrogens is 4. The number of aromatic amines is 1. The molecule has 2 saturated carbocycles. The lowest BCUT2D eigenvalue weighted by Gasteiger charge is -2.45. The van der Waals surface area contributed by atoms with Gasteiger partial charge in [0.1, 0.15) is 11.8 Å². The van der Waals surface area contributed by atoms with Crippen LogP contribution in [0.5, 0.6) is 0 Å². The van der Waals surface area contributed by atoms with Crippen molar-refractivity contribution in [1.82, 2.24) is 24.5 Å². The third-order valence-corrected chi connectivity index (χ3v) is 8.71. The summed E-state index contributed by atoms with van der Waals surface area (Å²) in [5.41, 5.74) is 1.49. The zero-order chi connectivity index (χ0) is 27.0. The fraction of sp³-hybridized carbons (Fsp3) is 0.433. The summed E-state index contributed by atoms with van der Waals surface area (Å²) in [6.45, 7) is 0.823. The molecular weight excluding hydrogens is 514 g/mol. The third-order valence-electron chi connectivity index (χ3n) is 8.38. The van der Waals surface area contributed by atoms with E-state index in [1.807, 2.05) is 60.5 Å². The lowest BCUT2D eigenvalue weighted by atomic mass is 9.82. The van der Waals surface area contributed by atoms with Crippen LogP contribution in [0.25, 0.3) is 17.2 Å². The molecule has 2 aliphatic rings. The zero-order valence-corrected chi connectivity index (χ0v) is 22.9. The Bertz CT molecular complexity index is 1510. The van der Waals surface area contributed by atoms with E-state index in [1.165, 1.54) is 10.6 Å². The highest BCUT2D eigenvalue weighted by Crippen LogP contribution is 2.51. The Morgan fingerprint density at radius 3 is 2.49 bits per heavy atom. The number of nitrogens with zero attached hydrogens (tertiary/aromatic N) is 4. The summed E-state index contributed by atoms with van der Waals surface area (Å²) in [4.78, 5) is 24.0. The number of hydrogen-bond donors (Lipinski definition) is 2. The first kappa shape index (κ1) is 26.2. The Kier molecular flexibility index (Phi) is 7.05. The van der Waals surface area contributed by atoms with Crippen molar-refractivity contribution in [3.8, 4) is 11.4 Å². The maximum absolute atomic E-state index is 12.9. The highest BCUT2D eigenvalue weighted by Gasteiger charge is 2.49. The van der Waals surface area contributed by atoms with Crippen molar-refractivity contribution in [1.29, 1.82) is 0 Å². The van der Waals surface area contributed by atoms with Gasteiger partial charge in [-0.05, 0) is 44.4 Å². The largest absolute Gasteiger partial charge is 0.375 e. The van der Waals surface area contributed by atoms with Gasteiger partial charge in [0.05, 0.1) is 12.3 Å². The monoisotopic (exact) mass is 547 g/mol. The minimum Gasteiger partial charge on any atom is -0.375 e. The maximum Gasteiger partial charge on any atom is 0.274 e. The summed E-state index contributed by atoms with van der Waals surface area (Å²) in [6.07, 6.45) is 5.88. The molecule has 39 heavy (non-hydrogen) atoms. The lowest BCUT2D eigenvalue weighted by molar-refractivity contribution is -0.196. The van der Waals surface area contributed by atoms with Crippen molar-refractivity contribution in [3.63, 3.8) is 0 Å².